The van der Waals surface area contributed by atoms with Crippen molar-refractivity contribution in [3.8, 4) is 0 Å². The van der Waals surface area contributed by atoms with E-state index >= 15 is 0 Å². The van der Waals surface area contributed by atoms with E-state index in [-0.39, 0.29) is 13.2 Å². The summed E-state index contributed by atoms with van der Waals surface area (Å²) in [6, 6.07) is 0. The first kappa shape index (κ1) is 16.3. The third kappa shape index (κ3) is 7.52. The van der Waals surface area contributed by atoms with Gasteiger partial charge < -0.3 is 14.6 Å². The largest absolute Gasteiger partial charge is 0.491 e. The standard InChI is InChI=1S/C13H19BO4/c1-4-6-12(7-5-2)17-8-11(15)9-18-13(16)10(3)14/h4-7,11,15H,1,3,8-9,14H2,2H3/b7-5-,12-6+. The molecule has 18 heavy (non-hydrogen) atoms. The van der Waals surface area contributed by atoms with Gasteiger partial charge in [-0.05, 0) is 24.5 Å². The van der Waals surface area contributed by atoms with Crippen LogP contribution in [0.4, 0.5) is 0 Å². The number of hydrogen-bond acceptors (Lipinski definition) is 4. The Morgan fingerprint density at radius 1 is 1.44 bits per heavy atom. The molecule has 0 bridgehead atoms. The zero-order valence-corrected chi connectivity index (χ0v) is 10.9. The van der Waals surface area contributed by atoms with Crippen molar-refractivity contribution < 1.29 is 19.4 Å². The van der Waals surface area contributed by atoms with E-state index in [9.17, 15) is 9.90 Å². The lowest BCUT2D eigenvalue weighted by Gasteiger charge is -2.13. The van der Waals surface area contributed by atoms with Crippen molar-refractivity contribution in [1.29, 1.82) is 0 Å². The molecule has 1 atom stereocenters. The van der Waals surface area contributed by atoms with Gasteiger partial charge in [0, 0.05) is 0 Å². The van der Waals surface area contributed by atoms with Crippen LogP contribution in [0.5, 0.6) is 0 Å². The molecular formula is C13H19BO4. The van der Waals surface area contributed by atoms with E-state index in [1.165, 1.54) is 0 Å². The fraction of sp³-hybridized carbons (Fsp3) is 0.308. The third-order valence-corrected chi connectivity index (χ3v) is 1.81. The monoisotopic (exact) mass is 250 g/mol. The molecular weight excluding hydrogens is 231 g/mol. The van der Waals surface area contributed by atoms with Crippen LogP contribution in [0.3, 0.4) is 0 Å². The van der Waals surface area contributed by atoms with Gasteiger partial charge in [0.1, 0.15) is 32.9 Å². The van der Waals surface area contributed by atoms with Crippen LogP contribution in [0.25, 0.3) is 0 Å². The van der Waals surface area contributed by atoms with Crippen molar-refractivity contribution in [3.05, 3.63) is 48.7 Å². The second kappa shape index (κ2) is 9.30. The van der Waals surface area contributed by atoms with Crippen LogP contribution in [-0.2, 0) is 14.3 Å². The molecule has 0 aliphatic carbocycles. The summed E-state index contributed by atoms with van der Waals surface area (Å²) < 4.78 is 10.1. The maximum Gasteiger partial charge on any atom is 0.323 e. The maximum absolute atomic E-state index is 11.1. The summed E-state index contributed by atoms with van der Waals surface area (Å²) in [5.41, 5.74) is 0.296. The molecule has 0 aliphatic rings. The van der Waals surface area contributed by atoms with Gasteiger partial charge in [-0.2, -0.15) is 0 Å². The van der Waals surface area contributed by atoms with Gasteiger partial charge >= 0.3 is 5.97 Å². The maximum atomic E-state index is 11.1. The average molecular weight is 250 g/mol. The molecule has 0 spiro atoms. The highest BCUT2D eigenvalue weighted by molar-refractivity contribution is 6.34. The van der Waals surface area contributed by atoms with E-state index in [1.807, 2.05) is 13.0 Å². The van der Waals surface area contributed by atoms with E-state index in [1.54, 1.807) is 26.1 Å². The summed E-state index contributed by atoms with van der Waals surface area (Å²) in [4.78, 5) is 11.1. The van der Waals surface area contributed by atoms with Gasteiger partial charge in [0.15, 0.2) is 0 Å². The summed E-state index contributed by atoms with van der Waals surface area (Å²) in [5, 5.41) is 9.56. The number of allylic oxidation sites excluding steroid dienone is 4. The molecule has 0 saturated heterocycles. The Morgan fingerprint density at radius 2 is 2.06 bits per heavy atom. The van der Waals surface area contributed by atoms with E-state index in [0.29, 0.717) is 11.2 Å². The minimum Gasteiger partial charge on any atom is -0.491 e. The van der Waals surface area contributed by atoms with Gasteiger partial charge in [-0.1, -0.05) is 25.3 Å². The number of ether oxygens (including phenoxy) is 2. The SMILES string of the molecule is BC(=C)C(=O)OCC(O)COC(/C=C\C)=C/C=C. The van der Waals surface area contributed by atoms with Crippen LogP contribution in [-0.4, -0.2) is 38.2 Å². The van der Waals surface area contributed by atoms with Crippen LogP contribution in [0.15, 0.2) is 48.7 Å². The molecule has 0 fully saturated rings. The van der Waals surface area contributed by atoms with Crippen molar-refractivity contribution in [3.63, 3.8) is 0 Å². The molecule has 4 nitrogen and oxygen atoms in total. The van der Waals surface area contributed by atoms with E-state index < -0.39 is 12.1 Å². The number of esters is 1. The molecule has 1 unspecified atom stereocenters. The van der Waals surface area contributed by atoms with Gasteiger partial charge in [0.25, 0.3) is 0 Å². The highest BCUT2D eigenvalue weighted by atomic mass is 16.5. The van der Waals surface area contributed by atoms with E-state index in [2.05, 4.69) is 13.2 Å². The van der Waals surface area contributed by atoms with Crippen molar-refractivity contribution >= 4 is 13.8 Å². The lowest BCUT2D eigenvalue weighted by Crippen LogP contribution is -2.24. The highest BCUT2D eigenvalue weighted by Crippen LogP contribution is 2.02. The van der Waals surface area contributed by atoms with E-state index in [0.717, 1.165) is 0 Å². The van der Waals surface area contributed by atoms with Crippen LogP contribution >= 0.6 is 0 Å². The predicted molar refractivity (Wildman–Crippen MR) is 73.7 cm³/mol. The number of hydrogen-bond donors (Lipinski definition) is 1. The Balaban J connectivity index is 4.05. The zero-order chi connectivity index (χ0) is 14.0. The number of carbonyl (C=O) groups excluding carboxylic acids is 1. The van der Waals surface area contributed by atoms with E-state index in [4.69, 9.17) is 9.47 Å². The van der Waals surface area contributed by atoms with Gasteiger partial charge in [-0.25, -0.2) is 4.79 Å². The molecule has 1 N–H and O–H groups in total. The minimum atomic E-state index is -0.883. The first-order valence-electron chi connectivity index (χ1n) is 5.60. The second-order valence-corrected chi connectivity index (χ2v) is 3.65. The first-order valence-corrected chi connectivity index (χ1v) is 5.60. The van der Waals surface area contributed by atoms with Crippen molar-refractivity contribution in [2.45, 2.75) is 13.0 Å². The Kier molecular flexibility index (Phi) is 8.40. The number of aliphatic hydroxyl groups is 1. The fourth-order valence-corrected chi connectivity index (χ4v) is 0.968. The molecule has 98 valence electrons. The molecule has 0 rings (SSSR count). The zero-order valence-electron chi connectivity index (χ0n) is 10.9. The summed E-state index contributed by atoms with van der Waals surface area (Å²) >= 11 is 0. The average Bonchev–Trinajstić information content (AvgIpc) is 2.33. The van der Waals surface area contributed by atoms with Crippen molar-refractivity contribution in [2.24, 2.45) is 0 Å². The van der Waals surface area contributed by atoms with Crippen LogP contribution < -0.4 is 0 Å². The molecule has 0 aromatic rings. The van der Waals surface area contributed by atoms with Gasteiger partial charge in [0.05, 0.1) is 0 Å². The quantitative estimate of drug-likeness (QED) is 0.226. The first-order chi connectivity index (χ1) is 8.51. The third-order valence-electron chi connectivity index (χ3n) is 1.81. The Bertz CT molecular complexity index is 358. The Labute approximate surface area is 109 Å². The number of carbonyl (C=O) groups is 1. The molecule has 0 aromatic carbocycles. The van der Waals surface area contributed by atoms with Crippen molar-refractivity contribution in [2.75, 3.05) is 13.2 Å². The topological polar surface area (TPSA) is 55.8 Å². The van der Waals surface area contributed by atoms with Crippen LogP contribution in [0, 0.1) is 0 Å². The predicted octanol–water partition coefficient (Wildman–Crippen LogP) is 0.700. The lowest BCUT2D eigenvalue weighted by atomic mass is 9.99. The summed E-state index contributed by atoms with van der Waals surface area (Å²) in [7, 11) is 1.54. The normalized spacial score (nSPS) is 13.1. The smallest absolute Gasteiger partial charge is 0.323 e. The molecule has 0 saturated carbocycles. The van der Waals surface area contributed by atoms with Gasteiger partial charge in [-0.3, -0.25) is 0 Å². The van der Waals surface area contributed by atoms with Crippen LogP contribution in [0.2, 0.25) is 0 Å². The molecule has 0 radical (unpaired) electrons. The fourth-order valence-electron chi connectivity index (χ4n) is 0.968. The Hall–Kier alpha value is -1.75. The Morgan fingerprint density at radius 3 is 2.56 bits per heavy atom. The molecule has 0 heterocycles. The summed E-state index contributed by atoms with van der Waals surface area (Å²) in [6.45, 7) is 8.76. The van der Waals surface area contributed by atoms with Crippen LogP contribution in [0.1, 0.15) is 6.92 Å². The number of aliphatic hydroxyl groups excluding tert-OH is 1. The summed E-state index contributed by atoms with van der Waals surface area (Å²) in [6.07, 6.45) is 5.93. The molecule has 0 aliphatic heterocycles. The lowest BCUT2D eigenvalue weighted by molar-refractivity contribution is -0.141. The molecule has 0 aromatic heterocycles. The van der Waals surface area contributed by atoms with Gasteiger partial charge in [0.2, 0.25) is 0 Å². The highest BCUT2D eigenvalue weighted by Gasteiger charge is 2.10. The van der Waals surface area contributed by atoms with Crippen molar-refractivity contribution in [1.82, 2.24) is 0 Å². The molecule has 5 heteroatoms. The van der Waals surface area contributed by atoms with Gasteiger partial charge in [-0.15, -0.1) is 0 Å². The minimum absolute atomic E-state index is 0.0352. The second-order valence-electron chi connectivity index (χ2n) is 3.65. The molecule has 0 amide bonds. The summed E-state index contributed by atoms with van der Waals surface area (Å²) in [5.74, 6) is 0.0575. The number of rotatable bonds is 8.